The Bertz CT molecular complexity index is 2200. The van der Waals surface area contributed by atoms with E-state index < -0.39 is 31.4 Å². The van der Waals surface area contributed by atoms with Gasteiger partial charge in [-0.1, -0.05) is 30.3 Å². The Morgan fingerprint density at radius 3 is 2.43 bits per heavy atom. The number of sulfonamides is 1. The number of thioether (sulfide) groups is 1. The van der Waals surface area contributed by atoms with E-state index in [0.717, 1.165) is 46.5 Å². The molecule has 280 valence electrons. The predicted molar refractivity (Wildman–Crippen MR) is 208 cm³/mol. The fourth-order valence-electron chi connectivity index (χ4n) is 5.95. The topological polar surface area (TPSA) is 180 Å². The van der Waals surface area contributed by atoms with Crippen molar-refractivity contribution in [3.8, 4) is 22.6 Å². The number of carbonyl (C=O) groups is 1. The molecule has 5 aromatic rings. The number of benzene rings is 4. The zero-order valence-corrected chi connectivity index (χ0v) is 31.1. The monoisotopic (exact) mass is 769 g/mol. The first kappa shape index (κ1) is 38.0. The van der Waals surface area contributed by atoms with E-state index in [4.69, 9.17) is 4.74 Å². The number of hydrogen-bond donors (Lipinski definition) is 3. The number of anilines is 2. The average Bonchev–Trinajstić information content (AvgIpc) is 3.17. The van der Waals surface area contributed by atoms with Crippen LogP contribution in [0, 0.1) is 10.1 Å². The fourth-order valence-corrected chi connectivity index (χ4v) is 7.72. The van der Waals surface area contributed by atoms with Gasteiger partial charge in [0.05, 0.1) is 16.4 Å². The summed E-state index contributed by atoms with van der Waals surface area (Å²) in [6, 6.07) is 29.3. The molecular formula is C38H39N7O7S2. The fraction of sp³-hybridized carbons (Fsp3) is 0.237. The van der Waals surface area contributed by atoms with Crippen molar-refractivity contribution in [2.45, 2.75) is 23.3 Å². The number of nitro benzene ring substituents is 1. The number of aromatic hydroxyl groups is 1. The number of amides is 1. The van der Waals surface area contributed by atoms with Gasteiger partial charge in [-0.25, -0.2) is 13.1 Å². The number of phenols is 1. The van der Waals surface area contributed by atoms with Gasteiger partial charge in [-0.05, 0) is 90.3 Å². The van der Waals surface area contributed by atoms with Gasteiger partial charge in [-0.15, -0.1) is 22.0 Å². The van der Waals surface area contributed by atoms with Gasteiger partial charge < -0.3 is 20.1 Å². The molecule has 1 fully saturated rings. The van der Waals surface area contributed by atoms with Crippen LogP contribution >= 0.6 is 11.8 Å². The predicted octanol–water partition coefficient (Wildman–Crippen LogP) is 5.80. The number of phenolic OH excluding ortho intramolecular Hbond substituents is 1. The van der Waals surface area contributed by atoms with Gasteiger partial charge in [-0.3, -0.25) is 19.8 Å². The minimum absolute atomic E-state index is 0.163. The Morgan fingerprint density at radius 2 is 1.72 bits per heavy atom. The van der Waals surface area contributed by atoms with Crippen molar-refractivity contribution in [1.29, 1.82) is 0 Å². The molecule has 14 nitrogen and oxygen atoms in total. The first-order valence-corrected chi connectivity index (χ1v) is 19.7. The van der Waals surface area contributed by atoms with Crippen molar-refractivity contribution in [2.24, 2.45) is 0 Å². The van der Waals surface area contributed by atoms with E-state index in [1.165, 1.54) is 18.2 Å². The molecule has 6 rings (SSSR count). The van der Waals surface area contributed by atoms with Crippen LogP contribution < -0.4 is 19.7 Å². The third-order valence-electron chi connectivity index (χ3n) is 8.58. The highest BCUT2D eigenvalue weighted by atomic mass is 32.2. The van der Waals surface area contributed by atoms with Crippen molar-refractivity contribution >= 4 is 44.9 Å². The lowest BCUT2D eigenvalue weighted by Gasteiger charge is -2.35. The molecule has 0 aliphatic carbocycles. The van der Waals surface area contributed by atoms with Crippen LogP contribution in [0.5, 0.6) is 11.5 Å². The molecule has 16 heteroatoms. The molecule has 54 heavy (non-hydrogen) atoms. The van der Waals surface area contributed by atoms with Gasteiger partial charge in [-0.2, -0.15) is 0 Å². The number of rotatable bonds is 15. The lowest BCUT2D eigenvalue weighted by atomic mass is 10.0. The zero-order chi connectivity index (χ0) is 38.1. The third kappa shape index (κ3) is 9.83. The minimum Gasteiger partial charge on any atom is -0.508 e. The summed E-state index contributed by atoms with van der Waals surface area (Å²) < 4.78 is 34.0. The van der Waals surface area contributed by atoms with Crippen LogP contribution in [-0.2, 0) is 16.6 Å². The van der Waals surface area contributed by atoms with Crippen molar-refractivity contribution in [3.05, 3.63) is 124 Å². The molecule has 0 bridgehead atoms. The summed E-state index contributed by atoms with van der Waals surface area (Å²) in [6.07, 6.45) is 0. The maximum absolute atomic E-state index is 13.1. The quantitative estimate of drug-likeness (QED) is 0.0504. The minimum atomic E-state index is -4.47. The summed E-state index contributed by atoms with van der Waals surface area (Å²) in [7, 11) is -4.47. The molecule has 0 spiro atoms. The number of nitro groups is 1. The summed E-state index contributed by atoms with van der Waals surface area (Å²) in [4.78, 5) is 29.0. The summed E-state index contributed by atoms with van der Waals surface area (Å²) in [5.41, 5.74) is 2.43. The van der Waals surface area contributed by atoms with Crippen LogP contribution in [0.15, 0.2) is 113 Å². The van der Waals surface area contributed by atoms with Crippen LogP contribution in [0.2, 0.25) is 0 Å². The van der Waals surface area contributed by atoms with Gasteiger partial charge in [0.25, 0.3) is 21.6 Å². The molecule has 1 aliphatic heterocycles. The van der Waals surface area contributed by atoms with Crippen LogP contribution in [0.25, 0.3) is 11.1 Å². The highest BCUT2D eigenvalue weighted by Gasteiger charge is 2.25. The van der Waals surface area contributed by atoms with Crippen molar-refractivity contribution in [1.82, 2.24) is 19.8 Å². The molecule has 3 N–H and O–H groups in total. The van der Waals surface area contributed by atoms with E-state index in [9.17, 15) is 28.4 Å². The van der Waals surface area contributed by atoms with E-state index in [-0.39, 0.29) is 17.1 Å². The zero-order valence-electron chi connectivity index (χ0n) is 29.4. The summed E-state index contributed by atoms with van der Waals surface area (Å²) in [6.45, 7) is 6.32. The van der Waals surface area contributed by atoms with Crippen LogP contribution in [-0.4, -0.2) is 84.5 Å². The third-order valence-corrected chi connectivity index (χ3v) is 10.9. The summed E-state index contributed by atoms with van der Waals surface area (Å²) in [5, 5.41) is 33.0. The number of ether oxygens (including phenoxy) is 1. The highest BCUT2D eigenvalue weighted by Crippen LogP contribution is 2.30. The van der Waals surface area contributed by atoms with Gasteiger partial charge in [0.2, 0.25) is 0 Å². The Labute approximate surface area is 317 Å². The van der Waals surface area contributed by atoms with Crippen LogP contribution in [0.3, 0.4) is 0 Å². The molecule has 1 amide bonds. The van der Waals surface area contributed by atoms with Crippen LogP contribution in [0.4, 0.5) is 17.2 Å². The number of piperazine rings is 1. The smallest absolute Gasteiger partial charge is 0.293 e. The number of hydrogen-bond acceptors (Lipinski definition) is 13. The Kier molecular flexibility index (Phi) is 12.3. The number of nitrogens with zero attached hydrogens (tertiary/aromatic N) is 5. The summed E-state index contributed by atoms with van der Waals surface area (Å²) in [5.74, 6) is 1.11. The molecule has 0 unspecified atom stereocenters. The molecule has 4 aromatic carbocycles. The SMILES string of the molecule is CCOc1cc(CN2CCN(c3ccc(C(=O)NS(=O)(=O)c4ccc(NCCSc5ccccc5)c([N+](=O)[O-])c4)nn3)CC2)cc(-c2cccc(O)c2)c1. The van der Waals surface area contributed by atoms with Gasteiger partial charge in [0, 0.05) is 56.0 Å². The van der Waals surface area contributed by atoms with Gasteiger partial charge in [0.15, 0.2) is 11.5 Å². The van der Waals surface area contributed by atoms with E-state index >= 15 is 0 Å². The number of aromatic nitrogens is 2. The van der Waals surface area contributed by atoms with Crippen molar-refractivity contribution in [2.75, 3.05) is 55.3 Å². The largest absolute Gasteiger partial charge is 0.508 e. The Hall–Kier alpha value is -5.71. The Morgan fingerprint density at radius 1 is 0.926 bits per heavy atom. The molecule has 0 saturated carbocycles. The van der Waals surface area contributed by atoms with Crippen molar-refractivity contribution in [3.63, 3.8) is 0 Å². The second-order valence-electron chi connectivity index (χ2n) is 12.3. The number of carbonyl (C=O) groups excluding carboxylic acids is 1. The average molecular weight is 770 g/mol. The van der Waals surface area contributed by atoms with E-state index in [2.05, 4.69) is 26.5 Å². The van der Waals surface area contributed by atoms with Gasteiger partial charge >= 0.3 is 0 Å². The molecule has 1 aliphatic rings. The standard InChI is InChI=1S/C38H39N7O7S2/c1-2-52-31-22-27(21-29(24-31)28-7-6-8-30(46)23-28)26-43-16-18-44(19-17-43)37-14-13-35(40-41-37)38(47)42-54(50,51)33-11-12-34(36(25-33)45(48)49)39-15-20-53-32-9-4-3-5-10-32/h3-14,21-25,39,46H,2,15-20,26H2,1H3,(H,42,47). The summed E-state index contributed by atoms with van der Waals surface area (Å²) >= 11 is 1.58. The molecule has 0 radical (unpaired) electrons. The van der Waals surface area contributed by atoms with E-state index in [0.29, 0.717) is 44.4 Å². The van der Waals surface area contributed by atoms with E-state index in [1.54, 1.807) is 30.0 Å². The molecule has 0 atom stereocenters. The maximum atomic E-state index is 13.1. The maximum Gasteiger partial charge on any atom is 0.293 e. The second kappa shape index (κ2) is 17.4. The molecule has 1 saturated heterocycles. The van der Waals surface area contributed by atoms with Crippen LogP contribution in [0.1, 0.15) is 23.0 Å². The second-order valence-corrected chi connectivity index (χ2v) is 15.2. The lowest BCUT2D eigenvalue weighted by molar-refractivity contribution is -0.384. The van der Waals surface area contributed by atoms with Crippen molar-refractivity contribution < 1.29 is 28.0 Å². The van der Waals surface area contributed by atoms with Gasteiger partial charge in [0.1, 0.15) is 17.2 Å². The number of nitrogens with one attached hydrogen (secondary N) is 2. The van der Waals surface area contributed by atoms with E-state index in [1.807, 2.05) is 71.1 Å². The Balaban J connectivity index is 1.03. The molecular weight excluding hydrogens is 731 g/mol. The molecule has 2 heterocycles. The first-order chi connectivity index (χ1) is 26.1. The lowest BCUT2D eigenvalue weighted by Crippen LogP contribution is -2.46. The molecule has 1 aromatic heterocycles. The first-order valence-electron chi connectivity index (χ1n) is 17.2. The highest BCUT2D eigenvalue weighted by molar-refractivity contribution is 7.99. The normalized spacial score (nSPS) is 13.3.